The molecule has 0 spiro atoms. The van der Waals surface area contributed by atoms with Crippen molar-refractivity contribution in [2.24, 2.45) is 17.6 Å². The van der Waals surface area contributed by atoms with E-state index in [1.165, 1.54) is 0 Å². The Balaban J connectivity index is 1.60. The Morgan fingerprint density at radius 2 is 1.81 bits per heavy atom. The number of unbranched alkanes of at least 4 members (excludes halogenated alkanes) is 1. The van der Waals surface area contributed by atoms with Crippen molar-refractivity contribution in [1.29, 1.82) is 0 Å². The highest BCUT2D eigenvalue weighted by Crippen LogP contribution is 2.32. The van der Waals surface area contributed by atoms with Crippen molar-refractivity contribution in [1.82, 2.24) is 10.2 Å². The van der Waals surface area contributed by atoms with Crippen LogP contribution in [0.15, 0.2) is 18.2 Å². The number of hydrogen-bond donors (Lipinski definition) is 6. The van der Waals surface area contributed by atoms with Gasteiger partial charge in [0.15, 0.2) is 0 Å². The number of ether oxygens (including phenoxy) is 3. The molecule has 1 aliphatic rings. The van der Waals surface area contributed by atoms with Gasteiger partial charge in [0.2, 0.25) is 18.1 Å². The largest absolute Gasteiger partial charge is 0.494 e. The first-order valence-electron chi connectivity index (χ1n) is 14.9. The number of aryl methyl sites for hydroxylation is 1. The fourth-order valence-electron chi connectivity index (χ4n) is 5.16. The molecule has 0 aliphatic carbocycles. The number of primary amides is 1. The highest BCUT2D eigenvalue weighted by Gasteiger charge is 2.45. The number of aliphatic hydroxyl groups is 4. The topological polar surface area (TPSA) is 197 Å². The molecule has 1 aliphatic heterocycles. The van der Waals surface area contributed by atoms with Crippen molar-refractivity contribution >= 4 is 11.7 Å². The molecule has 7 N–H and O–H groups in total. The monoisotopic (exact) mass is 605 g/mol. The van der Waals surface area contributed by atoms with Crippen LogP contribution in [0.3, 0.4) is 0 Å². The molecule has 12 heteroatoms. The van der Waals surface area contributed by atoms with E-state index in [1.807, 2.05) is 52.8 Å². The predicted octanol–water partition coefficient (Wildman–Crippen LogP) is 1.88. The Morgan fingerprint density at radius 1 is 1.09 bits per heavy atom. The maximum absolute atomic E-state index is 12.3. The van der Waals surface area contributed by atoms with E-state index in [4.69, 9.17) is 19.9 Å². The number of ketones is 1. The average molecular weight is 606 g/mol. The predicted molar refractivity (Wildman–Crippen MR) is 158 cm³/mol. The molecule has 0 saturated carbocycles. The van der Waals surface area contributed by atoms with Crippen LogP contribution in [0, 0.1) is 18.8 Å². The van der Waals surface area contributed by atoms with Crippen LogP contribution in [0.5, 0.6) is 11.6 Å². The Morgan fingerprint density at radius 3 is 2.42 bits per heavy atom. The van der Waals surface area contributed by atoms with Gasteiger partial charge in [-0.1, -0.05) is 33.8 Å². The van der Waals surface area contributed by atoms with Gasteiger partial charge in [-0.15, -0.1) is 5.10 Å². The number of nitrogens with zero attached hydrogens (tertiary/aromatic N) is 1. The van der Waals surface area contributed by atoms with Gasteiger partial charge in [0.05, 0.1) is 13.2 Å². The lowest BCUT2D eigenvalue weighted by molar-refractivity contribution is -0.278. The van der Waals surface area contributed by atoms with Crippen molar-refractivity contribution < 1.29 is 44.2 Å². The van der Waals surface area contributed by atoms with Gasteiger partial charge in [0.25, 0.3) is 0 Å². The molecule has 240 valence electrons. The van der Waals surface area contributed by atoms with Crippen LogP contribution in [0.4, 0.5) is 0 Å². The molecule has 3 rings (SSSR count). The second-order valence-corrected chi connectivity index (χ2v) is 12.0. The number of hydrogen-bond acceptors (Lipinski definition) is 10. The number of benzene rings is 1. The van der Waals surface area contributed by atoms with Crippen molar-refractivity contribution in [2.75, 3.05) is 13.2 Å². The lowest BCUT2D eigenvalue weighted by Gasteiger charge is -2.39. The SMILES string of the molecule is Cc1cc(OCCCCC(=O)C[C@H](C(N)=O)C(C)C)ccc1Cc1c(O[C@@H]2O[C@H](CO)[C@@H](O)[C@H](O)[C@H]2O)n[nH]c1C(C)C. The summed E-state index contributed by atoms with van der Waals surface area (Å²) in [6.07, 6.45) is -4.65. The van der Waals surface area contributed by atoms with Crippen LogP contribution >= 0.6 is 0 Å². The molecule has 2 aromatic rings. The molecule has 12 nitrogen and oxygen atoms in total. The zero-order chi connectivity index (χ0) is 31.8. The van der Waals surface area contributed by atoms with Crippen molar-refractivity contribution in [3.8, 4) is 11.6 Å². The molecule has 1 aromatic carbocycles. The minimum Gasteiger partial charge on any atom is -0.494 e. The summed E-state index contributed by atoms with van der Waals surface area (Å²) in [5.41, 5.74) is 8.98. The minimum absolute atomic E-state index is 0.0306. The lowest BCUT2D eigenvalue weighted by Crippen LogP contribution is -2.60. The van der Waals surface area contributed by atoms with Crippen molar-refractivity contribution in [3.63, 3.8) is 0 Å². The second-order valence-electron chi connectivity index (χ2n) is 12.0. The smallest absolute Gasteiger partial charge is 0.238 e. The Hall–Kier alpha value is -3.03. The summed E-state index contributed by atoms with van der Waals surface area (Å²) in [7, 11) is 0. The first kappa shape index (κ1) is 34.5. The van der Waals surface area contributed by atoms with Crippen LogP contribution in [-0.2, 0) is 20.7 Å². The number of aliphatic hydroxyl groups excluding tert-OH is 4. The van der Waals surface area contributed by atoms with Crippen LogP contribution < -0.4 is 15.2 Å². The number of nitrogens with two attached hydrogens (primary N) is 1. The van der Waals surface area contributed by atoms with E-state index in [2.05, 4.69) is 10.2 Å². The molecule has 0 radical (unpaired) electrons. The quantitative estimate of drug-likeness (QED) is 0.154. The van der Waals surface area contributed by atoms with Gasteiger partial charge >= 0.3 is 0 Å². The van der Waals surface area contributed by atoms with Gasteiger partial charge in [-0.05, 0) is 54.9 Å². The summed E-state index contributed by atoms with van der Waals surface area (Å²) < 4.78 is 17.3. The van der Waals surface area contributed by atoms with Crippen LogP contribution in [0.1, 0.15) is 81.7 Å². The van der Waals surface area contributed by atoms with E-state index in [1.54, 1.807) is 0 Å². The maximum atomic E-state index is 12.3. The molecule has 1 fully saturated rings. The van der Waals surface area contributed by atoms with Gasteiger partial charge in [-0.2, -0.15) is 0 Å². The molecule has 0 unspecified atom stereocenters. The number of aromatic nitrogens is 2. The van der Waals surface area contributed by atoms with E-state index >= 15 is 0 Å². The second kappa shape index (κ2) is 15.6. The number of H-pyrrole nitrogens is 1. The number of aromatic amines is 1. The Kier molecular flexibility index (Phi) is 12.5. The summed E-state index contributed by atoms with van der Waals surface area (Å²) in [6.45, 7) is 9.65. The molecule has 1 saturated heterocycles. The van der Waals surface area contributed by atoms with Gasteiger partial charge < -0.3 is 40.4 Å². The van der Waals surface area contributed by atoms with E-state index in [9.17, 15) is 30.0 Å². The van der Waals surface area contributed by atoms with E-state index < -0.39 is 49.1 Å². The van der Waals surface area contributed by atoms with Gasteiger partial charge in [-0.25, -0.2) is 0 Å². The molecular formula is C31H47N3O9. The summed E-state index contributed by atoms with van der Waals surface area (Å²) in [4.78, 5) is 23.8. The third-order valence-electron chi connectivity index (χ3n) is 7.93. The van der Waals surface area contributed by atoms with E-state index in [-0.39, 0.29) is 29.9 Å². The number of carbonyl (C=O) groups is 2. The molecular weight excluding hydrogens is 558 g/mol. The molecule has 6 atom stereocenters. The summed E-state index contributed by atoms with van der Waals surface area (Å²) >= 11 is 0. The van der Waals surface area contributed by atoms with Gasteiger partial charge in [0, 0.05) is 36.4 Å². The maximum Gasteiger partial charge on any atom is 0.238 e. The zero-order valence-corrected chi connectivity index (χ0v) is 25.7. The minimum atomic E-state index is -1.56. The molecule has 2 heterocycles. The first-order valence-corrected chi connectivity index (χ1v) is 14.9. The van der Waals surface area contributed by atoms with Crippen LogP contribution in [-0.4, -0.2) is 86.2 Å². The normalized spacial score (nSPS) is 23.0. The van der Waals surface area contributed by atoms with Crippen LogP contribution in [0.2, 0.25) is 0 Å². The number of Topliss-reactive ketones (excluding diaryl/α,β-unsaturated/α-hetero) is 1. The van der Waals surface area contributed by atoms with Gasteiger partial charge in [0.1, 0.15) is 35.9 Å². The fourth-order valence-corrected chi connectivity index (χ4v) is 5.16. The van der Waals surface area contributed by atoms with Gasteiger partial charge in [-0.3, -0.25) is 14.7 Å². The number of rotatable bonds is 16. The standard InChI is InChI=1S/C31H47N3O9/c1-16(2)22(29(32)40)14-20(36)8-6-7-11-41-21-10-9-19(18(5)12-21)13-23-25(17(3)4)33-34-30(23)43-31-28(39)27(38)26(37)24(15-35)42-31/h9-10,12,16-17,22,24,26-28,31,35,37-39H,6-8,11,13-15H2,1-5H3,(H2,32,40)(H,33,34)/t22-,24+,26+,27-,28+,31-/m0/s1. The molecule has 43 heavy (non-hydrogen) atoms. The number of nitrogens with one attached hydrogen (secondary N) is 1. The fraction of sp³-hybridized carbons (Fsp3) is 0.645. The van der Waals surface area contributed by atoms with Crippen LogP contribution in [0.25, 0.3) is 0 Å². The summed E-state index contributed by atoms with van der Waals surface area (Å²) in [6, 6.07) is 5.77. The highest BCUT2D eigenvalue weighted by molar-refractivity contribution is 5.86. The van der Waals surface area contributed by atoms with E-state index in [0.29, 0.717) is 38.0 Å². The highest BCUT2D eigenvalue weighted by atomic mass is 16.7. The summed E-state index contributed by atoms with van der Waals surface area (Å²) in [5.74, 6) is 0.177. The van der Waals surface area contributed by atoms with Crippen molar-refractivity contribution in [3.05, 3.63) is 40.6 Å². The number of amides is 1. The average Bonchev–Trinajstić information content (AvgIpc) is 3.34. The Bertz CT molecular complexity index is 1210. The first-order chi connectivity index (χ1) is 20.3. The Labute approximate surface area is 252 Å². The lowest BCUT2D eigenvalue weighted by atomic mass is 9.89. The molecule has 0 bridgehead atoms. The third-order valence-corrected chi connectivity index (χ3v) is 7.93. The summed E-state index contributed by atoms with van der Waals surface area (Å²) in [5, 5.41) is 47.4. The van der Waals surface area contributed by atoms with E-state index in [0.717, 1.165) is 22.4 Å². The van der Waals surface area contributed by atoms with Crippen molar-refractivity contribution in [2.45, 2.75) is 103 Å². The number of carbonyl (C=O) groups excluding carboxylic acids is 2. The zero-order valence-electron chi connectivity index (χ0n) is 25.7. The third kappa shape index (κ3) is 8.99. The molecule has 1 amide bonds. The molecule has 1 aromatic heterocycles.